The van der Waals surface area contributed by atoms with Crippen molar-refractivity contribution in [3.63, 3.8) is 0 Å². The maximum Gasteiger partial charge on any atom is 0.102 e. The third-order valence-corrected chi connectivity index (χ3v) is 1.47. The monoisotopic (exact) mass is 144 g/mol. The van der Waals surface area contributed by atoms with E-state index >= 15 is 0 Å². The second kappa shape index (κ2) is 3.75. The Kier molecular flexibility index (Phi) is 3.66. The third-order valence-electron chi connectivity index (χ3n) is 0.895. The van der Waals surface area contributed by atoms with E-state index in [4.69, 9.17) is 0 Å². The van der Waals surface area contributed by atoms with Gasteiger partial charge in [0.1, 0.15) is 5.70 Å². The molecule has 0 aliphatic heterocycles. The van der Waals surface area contributed by atoms with Crippen LogP contribution in [-0.4, -0.2) is 0 Å². The van der Waals surface area contributed by atoms with Crippen molar-refractivity contribution in [3.05, 3.63) is 22.3 Å². The van der Waals surface area contributed by atoms with E-state index in [1.807, 2.05) is 26.8 Å². The zero-order valence-electron chi connectivity index (χ0n) is 6.23. The van der Waals surface area contributed by atoms with Crippen LogP contribution in [0.5, 0.6) is 0 Å². The standard InChI is InChI=1S/C7H13NS/c1-5(2)7(9)4-6(3)8/h4,9H,8H2,1-3H3/p+1. The van der Waals surface area contributed by atoms with Gasteiger partial charge in [0, 0.05) is 17.9 Å². The molecule has 0 spiro atoms. The molecule has 0 aromatic heterocycles. The first-order valence-electron chi connectivity index (χ1n) is 2.90. The minimum Gasteiger partial charge on any atom is -0.329 e. The molecule has 1 nitrogen and oxygen atoms in total. The number of hydrogen-bond donors (Lipinski definition) is 2. The van der Waals surface area contributed by atoms with E-state index in [-0.39, 0.29) is 0 Å². The lowest BCUT2D eigenvalue weighted by molar-refractivity contribution is -0.301. The Bertz CT molecular complexity index is 148. The van der Waals surface area contributed by atoms with Gasteiger partial charge in [-0.15, -0.1) is 12.6 Å². The van der Waals surface area contributed by atoms with Gasteiger partial charge < -0.3 is 5.73 Å². The van der Waals surface area contributed by atoms with Crippen LogP contribution in [0.3, 0.4) is 0 Å². The molecule has 0 aromatic rings. The van der Waals surface area contributed by atoms with Gasteiger partial charge in [-0.1, -0.05) is 5.57 Å². The molecule has 0 aromatic carbocycles. The largest absolute Gasteiger partial charge is 0.329 e. The van der Waals surface area contributed by atoms with Crippen molar-refractivity contribution in [2.45, 2.75) is 20.8 Å². The Morgan fingerprint density at radius 2 is 1.78 bits per heavy atom. The minimum absolute atomic E-state index is 1.02. The number of thiol groups is 1. The first kappa shape index (κ1) is 8.79. The van der Waals surface area contributed by atoms with Crippen molar-refractivity contribution in [1.82, 2.24) is 0 Å². The smallest absolute Gasteiger partial charge is 0.102 e. The van der Waals surface area contributed by atoms with E-state index < -0.39 is 0 Å². The van der Waals surface area contributed by atoms with Crippen LogP contribution < -0.4 is 5.73 Å². The zero-order valence-corrected chi connectivity index (χ0v) is 7.13. The molecule has 0 radical (unpaired) electrons. The van der Waals surface area contributed by atoms with Gasteiger partial charge >= 0.3 is 0 Å². The van der Waals surface area contributed by atoms with Crippen LogP contribution in [-0.2, 0) is 0 Å². The summed E-state index contributed by atoms with van der Waals surface area (Å²) in [6.45, 7) is 6.02. The summed E-state index contributed by atoms with van der Waals surface area (Å²) in [5.41, 5.74) is 6.01. The van der Waals surface area contributed by atoms with E-state index in [0.717, 1.165) is 10.6 Å². The molecule has 0 bridgehead atoms. The Balaban J connectivity index is 4.25. The fraction of sp³-hybridized carbons (Fsp3) is 0.429. The summed E-state index contributed by atoms with van der Waals surface area (Å²) in [6, 6.07) is 0. The van der Waals surface area contributed by atoms with E-state index in [2.05, 4.69) is 18.4 Å². The first-order valence-corrected chi connectivity index (χ1v) is 3.35. The third kappa shape index (κ3) is 4.30. The van der Waals surface area contributed by atoms with Crippen LogP contribution >= 0.6 is 12.6 Å². The molecule has 3 N–H and O–H groups in total. The quantitative estimate of drug-likeness (QED) is 0.411. The Labute approximate surface area is 62.0 Å². The van der Waals surface area contributed by atoms with Crippen LogP contribution in [0.2, 0.25) is 0 Å². The summed E-state index contributed by atoms with van der Waals surface area (Å²) in [4.78, 5) is 1.02. The maximum atomic E-state index is 4.23. The number of allylic oxidation sites excluding steroid dienone is 3. The summed E-state index contributed by atoms with van der Waals surface area (Å²) in [5, 5.41) is 0. The summed E-state index contributed by atoms with van der Waals surface area (Å²) >= 11 is 4.23. The van der Waals surface area contributed by atoms with Gasteiger partial charge in [0.25, 0.3) is 0 Å². The maximum absolute atomic E-state index is 4.23. The molecule has 0 unspecified atom stereocenters. The van der Waals surface area contributed by atoms with E-state index in [0.29, 0.717) is 0 Å². The van der Waals surface area contributed by atoms with Crippen LogP contribution in [0.4, 0.5) is 0 Å². The predicted octanol–water partition coefficient (Wildman–Crippen LogP) is 1.36. The van der Waals surface area contributed by atoms with Gasteiger partial charge in [-0.05, 0) is 13.8 Å². The Morgan fingerprint density at radius 1 is 1.33 bits per heavy atom. The van der Waals surface area contributed by atoms with Gasteiger partial charge in [-0.2, -0.15) is 0 Å². The van der Waals surface area contributed by atoms with E-state index in [1.54, 1.807) is 0 Å². The molecule has 0 atom stereocenters. The molecule has 0 amide bonds. The molecule has 0 heterocycles. The number of rotatable bonds is 1. The summed E-state index contributed by atoms with van der Waals surface area (Å²) < 4.78 is 0. The van der Waals surface area contributed by atoms with Crippen molar-refractivity contribution >= 4 is 12.6 Å². The molecule has 0 aliphatic rings. The highest BCUT2D eigenvalue weighted by Crippen LogP contribution is 2.09. The summed E-state index contributed by atoms with van der Waals surface area (Å²) in [5.74, 6) is 0. The van der Waals surface area contributed by atoms with Crippen LogP contribution in [0.25, 0.3) is 0 Å². The first-order chi connectivity index (χ1) is 4.04. The van der Waals surface area contributed by atoms with Gasteiger partial charge in [0.05, 0.1) is 0 Å². The zero-order chi connectivity index (χ0) is 7.44. The normalized spacial score (nSPS) is 11.4. The molecular weight excluding hydrogens is 130 g/mol. The predicted molar refractivity (Wildman–Crippen MR) is 44.0 cm³/mol. The summed E-state index contributed by atoms with van der Waals surface area (Å²) in [7, 11) is 0. The average Bonchev–Trinajstić information content (AvgIpc) is 1.63. The van der Waals surface area contributed by atoms with Crippen molar-refractivity contribution in [1.29, 1.82) is 0 Å². The highest BCUT2D eigenvalue weighted by atomic mass is 32.1. The van der Waals surface area contributed by atoms with E-state index in [9.17, 15) is 0 Å². The van der Waals surface area contributed by atoms with Crippen molar-refractivity contribution < 1.29 is 5.73 Å². The fourth-order valence-corrected chi connectivity index (χ4v) is 0.598. The number of hydrogen-bond acceptors (Lipinski definition) is 1. The lowest BCUT2D eigenvalue weighted by atomic mass is 10.3. The highest BCUT2D eigenvalue weighted by Gasteiger charge is 1.88. The molecule has 2 heteroatoms. The van der Waals surface area contributed by atoms with Crippen molar-refractivity contribution in [2.75, 3.05) is 0 Å². The van der Waals surface area contributed by atoms with Crippen molar-refractivity contribution in [3.8, 4) is 0 Å². The minimum atomic E-state index is 1.02. The van der Waals surface area contributed by atoms with Gasteiger partial charge in [-0.25, -0.2) is 0 Å². The lowest BCUT2D eigenvalue weighted by Crippen LogP contribution is -2.45. The van der Waals surface area contributed by atoms with Crippen molar-refractivity contribution in [2.24, 2.45) is 0 Å². The topological polar surface area (TPSA) is 27.6 Å². The fourth-order valence-electron chi connectivity index (χ4n) is 0.378. The molecule has 0 rings (SSSR count). The average molecular weight is 144 g/mol. The Hall–Kier alpha value is -0.210. The molecule has 0 aliphatic carbocycles. The van der Waals surface area contributed by atoms with Gasteiger partial charge in [0.2, 0.25) is 0 Å². The van der Waals surface area contributed by atoms with Crippen LogP contribution in [0.15, 0.2) is 22.3 Å². The molecule has 0 fully saturated rings. The SMILES string of the molecule is CC([NH3+])=CC(S)=C(C)C. The highest BCUT2D eigenvalue weighted by molar-refractivity contribution is 7.84. The van der Waals surface area contributed by atoms with Gasteiger partial charge in [-0.3, -0.25) is 0 Å². The molecular formula is C7H14NS+. The van der Waals surface area contributed by atoms with Crippen LogP contribution in [0, 0.1) is 0 Å². The molecule has 0 saturated heterocycles. The Morgan fingerprint density at radius 3 is 1.89 bits per heavy atom. The second-order valence-electron chi connectivity index (χ2n) is 2.38. The molecule has 0 saturated carbocycles. The van der Waals surface area contributed by atoms with E-state index in [1.165, 1.54) is 5.57 Å². The molecule has 9 heavy (non-hydrogen) atoms. The summed E-state index contributed by atoms with van der Waals surface area (Å²) in [6.07, 6.45) is 1.96. The molecule has 52 valence electrons. The van der Waals surface area contributed by atoms with Crippen LogP contribution in [0.1, 0.15) is 20.8 Å². The lowest BCUT2D eigenvalue weighted by Gasteiger charge is -1.92. The number of quaternary nitrogens is 1. The second-order valence-corrected chi connectivity index (χ2v) is 2.86. The van der Waals surface area contributed by atoms with Gasteiger partial charge in [0.15, 0.2) is 0 Å².